The topological polar surface area (TPSA) is 109 Å². The Hall–Kier alpha value is -3.41. The largest absolute Gasteiger partial charge is 0.503 e. The molecule has 1 unspecified atom stereocenters. The molecule has 4 heterocycles. The number of thiazole rings is 1. The number of pyridine rings is 1. The fourth-order valence-corrected chi connectivity index (χ4v) is 6.53. The highest BCUT2D eigenvalue weighted by Gasteiger charge is 2.46. The van der Waals surface area contributed by atoms with E-state index in [9.17, 15) is 14.7 Å². The summed E-state index contributed by atoms with van der Waals surface area (Å²) in [5, 5.41) is 20.4. The molecular formula is C24H19N5O3S3. The summed E-state index contributed by atoms with van der Waals surface area (Å²) >= 11 is 3.99. The van der Waals surface area contributed by atoms with Crippen molar-refractivity contribution in [2.75, 3.05) is 4.90 Å². The Labute approximate surface area is 213 Å². The average molecular weight is 522 g/mol. The lowest BCUT2D eigenvalue weighted by Crippen LogP contribution is -2.31. The number of aryl methyl sites for hydroxylation is 2. The van der Waals surface area contributed by atoms with Gasteiger partial charge in [-0.25, -0.2) is 4.98 Å². The number of amides is 1. The SMILES string of the molecule is Cc1nc(C)c(C(=O)C2=C(O)C(=O)N(c3nnc(SCc4ccccc4)s3)C2c2ccncc2)s1. The zero-order valence-electron chi connectivity index (χ0n) is 18.7. The van der Waals surface area contributed by atoms with Crippen molar-refractivity contribution >= 4 is 51.3 Å². The van der Waals surface area contributed by atoms with Gasteiger partial charge in [-0.2, -0.15) is 0 Å². The Morgan fingerprint density at radius 1 is 1.09 bits per heavy atom. The van der Waals surface area contributed by atoms with Gasteiger partial charge in [-0.1, -0.05) is 53.4 Å². The molecule has 0 saturated carbocycles. The maximum atomic E-state index is 13.6. The van der Waals surface area contributed by atoms with E-state index in [1.165, 1.54) is 39.3 Å². The van der Waals surface area contributed by atoms with Crippen LogP contribution in [0.25, 0.3) is 0 Å². The first-order valence-corrected chi connectivity index (χ1v) is 13.2. The van der Waals surface area contributed by atoms with E-state index in [0.29, 0.717) is 31.4 Å². The van der Waals surface area contributed by atoms with Crippen LogP contribution < -0.4 is 4.90 Å². The van der Waals surface area contributed by atoms with E-state index >= 15 is 0 Å². The molecule has 4 aromatic rings. The number of ketones is 1. The molecule has 0 bridgehead atoms. The van der Waals surface area contributed by atoms with Gasteiger partial charge < -0.3 is 5.11 Å². The van der Waals surface area contributed by atoms with Crippen LogP contribution in [0.2, 0.25) is 0 Å². The van der Waals surface area contributed by atoms with E-state index in [-0.39, 0.29) is 5.57 Å². The fraction of sp³-hybridized carbons (Fsp3) is 0.167. The lowest BCUT2D eigenvalue weighted by Gasteiger charge is -2.23. The first-order valence-electron chi connectivity index (χ1n) is 10.6. The monoisotopic (exact) mass is 521 g/mol. The van der Waals surface area contributed by atoms with E-state index in [4.69, 9.17) is 0 Å². The van der Waals surface area contributed by atoms with Crippen molar-refractivity contribution in [3.05, 3.63) is 92.9 Å². The lowest BCUT2D eigenvalue weighted by molar-refractivity contribution is -0.117. The predicted molar refractivity (Wildman–Crippen MR) is 136 cm³/mol. The standard InChI is InChI=1S/C24H19N5O3S3/c1-13-21(34-14(2)26-13)19(30)17-18(16-8-10-25-11-9-16)29(22(32)20(17)31)23-27-28-24(35-23)33-12-15-6-4-3-5-7-15/h3-11,18,31H,12H2,1-2H3. The van der Waals surface area contributed by atoms with E-state index in [1.807, 2.05) is 37.3 Å². The van der Waals surface area contributed by atoms with Crippen LogP contribution in [0.1, 0.15) is 37.5 Å². The molecule has 1 aliphatic rings. The molecule has 0 saturated heterocycles. The van der Waals surface area contributed by atoms with Gasteiger partial charge in [0.25, 0.3) is 5.91 Å². The summed E-state index contributed by atoms with van der Waals surface area (Å²) in [6.45, 7) is 3.55. The molecule has 35 heavy (non-hydrogen) atoms. The quantitative estimate of drug-likeness (QED) is 0.204. The minimum absolute atomic E-state index is 0.00152. The van der Waals surface area contributed by atoms with Gasteiger partial charge in [-0.05, 0) is 37.1 Å². The third-order valence-corrected chi connectivity index (χ3v) is 8.59. The molecule has 5 rings (SSSR count). The average Bonchev–Trinajstić information content (AvgIpc) is 3.54. The van der Waals surface area contributed by atoms with Crippen LogP contribution in [-0.2, 0) is 10.5 Å². The molecule has 11 heteroatoms. The number of aliphatic hydroxyl groups is 1. The smallest absolute Gasteiger partial charge is 0.296 e. The third-order valence-electron chi connectivity index (χ3n) is 5.39. The number of nitrogens with zero attached hydrogens (tertiary/aromatic N) is 5. The van der Waals surface area contributed by atoms with E-state index < -0.39 is 23.5 Å². The number of anilines is 1. The Morgan fingerprint density at radius 2 is 1.83 bits per heavy atom. The summed E-state index contributed by atoms with van der Waals surface area (Å²) in [6.07, 6.45) is 3.16. The van der Waals surface area contributed by atoms with Gasteiger partial charge in [0.15, 0.2) is 10.1 Å². The van der Waals surface area contributed by atoms with Crippen molar-refractivity contribution < 1.29 is 14.7 Å². The molecule has 0 spiro atoms. The molecule has 0 fully saturated rings. The van der Waals surface area contributed by atoms with Gasteiger partial charge in [0, 0.05) is 18.1 Å². The van der Waals surface area contributed by atoms with Crippen LogP contribution in [0.4, 0.5) is 5.13 Å². The molecule has 176 valence electrons. The van der Waals surface area contributed by atoms with Crippen LogP contribution >= 0.6 is 34.4 Å². The summed E-state index contributed by atoms with van der Waals surface area (Å²) < 4.78 is 0.679. The summed E-state index contributed by atoms with van der Waals surface area (Å²) in [5.74, 6) is -0.999. The van der Waals surface area contributed by atoms with Crippen LogP contribution in [-0.4, -0.2) is 37.0 Å². The second-order valence-corrected chi connectivity index (χ2v) is 11.1. The number of aromatic nitrogens is 4. The van der Waals surface area contributed by atoms with Gasteiger partial charge in [0.1, 0.15) is 0 Å². The van der Waals surface area contributed by atoms with Crippen LogP contribution in [0.5, 0.6) is 0 Å². The summed E-state index contributed by atoms with van der Waals surface area (Å²) in [4.78, 5) is 37.0. The van der Waals surface area contributed by atoms with Crippen molar-refractivity contribution in [3.63, 3.8) is 0 Å². The number of Topliss-reactive ketones (excluding diaryl/α,β-unsaturated/α-hetero) is 1. The number of hydrogen-bond donors (Lipinski definition) is 1. The molecule has 1 amide bonds. The minimum Gasteiger partial charge on any atom is -0.503 e. The second-order valence-electron chi connectivity index (χ2n) is 7.72. The molecule has 3 aromatic heterocycles. The van der Waals surface area contributed by atoms with E-state index in [1.54, 1.807) is 31.5 Å². The minimum atomic E-state index is -0.861. The molecule has 1 N–H and O–H groups in total. The number of rotatable bonds is 7. The Morgan fingerprint density at radius 3 is 2.51 bits per heavy atom. The van der Waals surface area contributed by atoms with Gasteiger partial charge in [0.05, 0.1) is 27.2 Å². The third kappa shape index (κ3) is 4.49. The van der Waals surface area contributed by atoms with E-state index in [2.05, 4.69) is 20.2 Å². The highest BCUT2D eigenvalue weighted by atomic mass is 32.2. The summed E-state index contributed by atoms with van der Waals surface area (Å²) in [5.41, 5.74) is 2.34. The summed E-state index contributed by atoms with van der Waals surface area (Å²) in [7, 11) is 0. The number of benzene rings is 1. The van der Waals surface area contributed by atoms with Crippen molar-refractivity contribution in [1.82, 2.24) is 20.2 Å². The van der Waals surface area contributed by atoms with Crippen molar-refractivity contribution in [2.45, 2.75) is 30.0 Å². The number of carbonyl (C=O) groups excluding carboxylic acids is 2. The van der Waals surface area contributed by atoms with Crippen LogP contribution in [0, 0.1) is 13.8 Å². The van der Waals surface area contributed by atoms with Crippen molar-refractivity contribution in [3.8, 4) is 0 Å². The molecular weight excluding hydrogens is 502 g/mol. The molecule has 1 aromatic carbocycles. The van der Waals surface area contributed by atoms with Gasteiger partial charge in [-0.3, -0.25) is 19.5 Å². The number of thioether (sulfide) groups is 1. The number of aliphatic hydroxyl groups excluding tert-OH is 1. The summed E-state index contributed by atoms with van der Waals surface area (Å²) in [6, 6.07) is 12.5. The van der Waals surface area contributed by atoms with Crippen LogP contribution in [0.3, 0.4) is 0 Å². The van der Waals surface area contributed by atoms with Gasteiger partial charge in [0.2, 0.25) is 10.9 Å². The first kappa shape index (κ1) is 23.3. The zero-order valence-corrected chi connectivity index (χ0v) is 21.2. The van der Waals surface area contributed by atoms with E-state index in [0.717, 1.165) is 10.6 Å². The maximum Gasteiger partial charge on any atom is 0.296 e. The highest BCUT2D eigenvalue weighted by molar-refractivity contribution is 8.00. The Bertz CT molecular complexity index is 1430. The zero-order chi connectivity index (χ0) is 24.5. The van der Waals surface area contributed by atoms with Gasteiger partial charge >= 0.3 is 0 Å². The molecule has 0 radical (unpaired) electrons. The van der Waals surface area contributed by atoms with Crippen LogP contribution in [0.15, 0.2) is 70.5 Å². The Balaban J connectivity index is 1.50. The fourth-order valence-electron chi connectivity index (χ4n) is 3.84. The Kier molecular flexibility index (Phi) is 6.46. The normalized spacial score (nSPS) is 15.8. The molecule has 1 atom stereocenters. The molecule has 1 aliphatic heterocycles. The first-order chi connectivity index (χ1) is 16.9. The maximum absolute atomic E-state index is 13.6. The van der Waals surface area contributed by atoms with Crippen molar-refractivity contribution in [2.24, 2.45) is 0 Å². The molecule has 8 nitrogen and oxygen atoms in total. The predicted octanol–water partition coefficient (Wildman–Crippen LogP) is 5.08. The van der Waals surface area contributed by atoms with Crippen molar-refractivity contribution in [1.29, 1.82) is 0 Å². The number of hydrogen-bond acceptors (Lipinski definition) is 10. The number of carbonyl (C=O) groups is 2. The highest BCUT2D eigenvalue weighted by Crippen LogP contribution is 2.44. The second kappa shape index (κ2) is 9.68. The van der Waals surface area contributed by atoms with Gasteiger partial charge in [-0.15, -0.1) is 21.5 Å². The lowest BCUT2D eigenvalue weighted by atomic mass is 9.96. The molecule has 0 aliphatic carbocycles.